The number of hydrogen-bond donors (Lipinski definition) is 2. The Morgan fingerprint density at radius 2 is 2.08 bits per heavy atom. The molecule has 2 heterocycles. The van der Waals surface area contributed by atoms with Crippen LogP contribution in [-0.4, -0.2) is 51.4 Å². The number of hydrogen-bond acceptors (Lipinski definition) is 6. The van der Waals surface area contributed by atoms with Gasteiger partial charge in [-0.1, -0.05) is 6.92 Å². The lowest BCUT2D eigenvalue weighted by molar-refractivity contribution is -0.137. The van der Waals surface area contributed by atoms with Gasteiger partial charge in [0.05, 0.1) is 5.39 Å². The first-order valence-electron chi connectivity index (χ1n) is 6.99. The monoisotopic (exact) mass is 356 g/mol. The van der Waals surface area contributed by atoms with Crippen molar-refractivity contribution in [2.24, 2.45) is 7.05 Å². The Morgan fingerprint density at radius 1 is 1.42 bits per heavy atom. The van der Waals surface area contributed by atoms with Crippen LogP contribution in [0, 0.1) is 0 Å². The highest BCUT2D eigenvalue weighted by molar-refractivity contribution is 7.89. The second-order valence-corrected chi connectivity index (χ2v) is 7.03. The number of fused-ring (bicyclic) bond motifs is 1. The van der Waals surface area contributed by atoms with Crippen LogP contribution in [0.5, 0.6) is 0 Å². The fraction of sp³-hybridized carbons (Fsp3) is 0.385. The zero-order chi connectivity index (χ0) is 18.1. The van der Waals surface area contributed by atoms with Gasteiger partial charge in [0.2, 0.25) is 10.0 Å². The average Bonchev–Trinajstić information content (AvgIpc) is 2.51. The molecule has 0 radical (unpaired) electrons. The number of aryl methyl sites for hydroxylation is 1. The Bertz CT molecular complexity index is 1010. The van der Waals surface area contributed by atoms with Crippen LogP contribution >= 0.6 is 0 Å². The van der Waals surface area contributed by atoms with Crippen molar-refractivity contribution in [3.05, 3.63) is 33.1 Å². The molecule has 11 heteroatoms. The van der Waals surface area contributed by atoms with E-state index < -0.39 is 33.8 Å². The summed E-state index contributed by atoms with van der Waals surface area (Å²) in [5.74, 6) is -1.29. The van der Waals surface area contributed by atoms with Crippen LogP contribution in [-0.2, 0) is 21.9 Å². The molecular formula is C13H16N4O6S. The third-order valence-electron chi connectivity index (χ3n) is 3.35. The maximum Gasteiger partial charge on any atom is 0.329 e. The predicted molar refractivity (Wildman–Crippen MR) is 84.3 cm³/mol. The number of aromatic amines is 1. The van der Waals surface area contributed by atoms with Gasteiger partial charge in [0.25, 0.3) is 5.56 Å². The van der Waals surface area contributed by atoms with Crippen LogP contribution < -0.4 is 11.2 Å². The maximum absolute atomic E-state index is 12.6. The minimum atomic E-state index is -4.14. The molecule has 24 heavy (non-hydrogen) atoms. The van der Waals surface area contributed by atoms with Crippen LogP contribution in [0.4, 0.5) is 0 Å². The van der Waals surface area contributed by atoms with E-state index in [1.807, 2.05) is 0 Å². The quantitative estimate of drug-likeness (QED) is 0.683. The Kier molecular flexibility index (Phi) is 4.85. The van der Waals surface area contributed by atoms with Gasteiger partial charge in [-0.3, -0.25) is 19.1 Å². The number of pyridine rings is 1. The number of rotatable bonds is 6. The van der Waals surface area contributed by atoms with Gasteiger partial charge in [-0.15, -0.1) is 0 Å². The fourth-order valence-electron chi connectivity index (χ4n) is 2.19. The van der Waals surface area contributed by atoms with Gasteiger partial charge in [-0.05, 0) is 12.5 Å². The van der Waals surface area contributed by atoms with Crippen LogP contribution in [0.15, 0.2) is 26.7 Å². The fourth-order valence-corrected chi connectivity index (χ4v) is 3.65. The number of aromatic nitrogens is 3. The Hall–Kier alpha value is -2.53. The molecule has 0 atom stereocenters. The van der Waals surface area contributed by atoms with Crippen molar-refractivity contribution < 1.29 is 18.3 Å². The lowest BCUT2D eigenvalue weighted by Crippen LogP contribution is -2.36. The molecule has 0 fully saturated rings. The van der Waals surface area contributed by atoms with Crippen LogP contribution in [0.2, 0.25) is 0 Å². The van der Waals surface area contributed by atoms with E-state index in [9.17, 15) is 22.8 Å². The Balaban J connectivity index is 2.64. The summed E-state index contributed by atoms with van der Waals surface area (Å²) in [6.07, 6.45) is 1.42. The lowest BCUT2D eigenvalue weighted by Gasteiger charge is -2.19. The van der Waals surface area contributed by atoms with Crippen molar-refractivity contribution in [3.8, 4) is 0 Å². The summed E-state index contributed by atoms with van der Waals surface area (Å²) in [4.78, 5) is 39.9. The molecule has 130 valence electrons. The minimum Gasteiger partial charge on any atom is -0.480 e. The number of carbonyl (C=O) groups is 1. The van der Waals surface area contributed by atoms with E-state index in [1.165, 1.54) is 7.05 Å². The second kappa shape index (κ2) is 6.53. The SMILES string of the molecule is CCCN(CC(=O)O)S(=O)(=O)c1cnc2c(c1)c(=O)[nH]c(=O)n2C. The number of carboxylic acid groups (broad SMARTS) is 1. The van der Waals surface area contributed by atoms with Gasteiger partial charge in [0.15, 0.2) is 0 Å². The van der Waals surface area contributed by atoms with Gasteiger partial charge >= 0.3 is 11.7 Å². The highest BCUT2D eigenvalue weighted by Crippen LogP contribution is 2.17. The van der Waals surface area contributed by atoms with Crippen molar-refractivity contribution in [3.63, 3.8) is 0 Å². The highest BCUT2D eigenvalue weighted by Gasteiger charge is 2.27. The average molecular weight is 356 g/mol. The zero-order valence-electron chi connectivity index (χ0n) is 13.0. The topological polar surface area (TPSA) is 142 Å². The molecule has 0 aromatic carbocycles. The van der Waals surface area contributed by atoms with Crippen molar-refractivity contribution in [2.45, 2.75) is 18.2 Å². The molecule has 0 aliphatic heterocycles. The summed E-state index contributed by atoms with van der Waals surface area (Å²) in [5.41, 5.74) is -1.41. The van der Waals surface area contributed by atoms with Crippen molar-refractivity contribution in [1.82, 2.24) is 18.8 Å². The van der Waals surface area contributed by atoms with E-state index >= 15 is 0 Å². The molecule has 2 rings (SSSR count). The first kappa shape index (κ1) is 17.8. The molecule has 0 spiro atoms. The number of nitrogens with zero attached hydrogens (tertiary/aromatic N) is 3. The molecule has 2 N–H and O–H groups in total. The third kappa shape index (κ3) is 3.21. The number of nitrogens with one attached hydrogen (secondary N) is 1. The molecule has 0 aliphatic rings. The van der Waals surface area contributed by atoms with E-state index in [0.717, 1.165) is 21.1 Å². The first-order chi connectivity index (χ1) is 11.2. The van der Waals surface area contributed by atoms with E-state index in [0.29, 0.717) is 6.42 Å². The summed E-state index contributed by atoms with van der Waals surface area (Å²) >= 11 is 0. The molecule has 10 nitrogen and oxygen atoms in total. The highest BCUT2D eigenvalue weighted by atomic mass is 32.2. The predicted octanol–water partition coefficient (Wildman–Crippen LogP) is -0.893. The molecule has 2 aromatic rings. The molecule has 2 aromatic heterocycles. The molecule has 0 amide bonds. The van der Waals surface area contributed by atoms with E-state index in [1.54, 1.807) is 6.92 Å². The van der Waals surface area contributed by atoms with Gasteiger partial charge in [0.1, 0.15) is 17.1 Å². The van der Waals surface area contributed by atoms with Crippen LogP contribution in [0.1, 0.15) is 13.3 Å². The van der Waals surface area contributed by atoms with Gasteiger partial charge < -0.3 is 5.11 Å². The van der Waals surface area contributed by atoms with E-state index in [-0.39, 0.29) is 22.5 Å². The standard InChI is InChI=1S/C13H16N4O6S/c1-3-4-17(7-10(18)19)24(22,23)8-5-9-11(14-6-8)16(2)13(21)15-12(9)20/h5-6H,3-4,7H2,1-2H3,(H,18,19)(H,15,20,21). The van der Waals surface area contributed by atoms with E-state index in [4.69, 9.17) is 5.11 Å². The molecule has 0 saturated carbocycles. The maximum atomic E-state index is 12.6. The van der Waals surface area contributed by atoms with Crippen LogP contribution in [0.3, 0.4) is 0 Å². The number of aliphatic carboxylic acids is 1. The minimum absolute atomic E-state index is 0.0102. The Morgan fingerprint density at radius 3 is 2.67 bits per heavy atom. The van der Waals surface area contributed by atoms with Crippen molar-refractivity contribution in [1.29, 1.82) is 0 Å². The van der Waals surface area contributed by atoms with Gasteiger partial charge in [-0.2, -0.15) is 4.31 Å². The second-order valence-electron chi connectivity index (χ2n) is 5.09. The van der Waals surface area contributed by atoms with Crippen LogP contribution in [0.25, 0.3) is 11.0 Å². The smallest absolute Gasteiger partial charge is 0.329 e. The molecular weight excluding hydrogens is 340 g/mol. The third-order valence-corrected chi connectivity index (χ3v) is 5.16. The van der Waals surface area contributed by atoms with Crippen molar-refractivity contribution >= 4 is 27.0 Å². The van der Waals surface area contributed by atoms with Gasteiger partial charge in [0, 0.05) is 19.8 Å². The number of sulfonamides is 1. The molecule has 0 saturated heterocycles. The largest absolute Gasteiger partial charge is 0.480 e. The summed E-state index contributed by atoms with van der Waals surface area (Å²) < 4.78 is 27.1. The normalized spacial score (nSPS) is 12.0. The van der Waals surface area contributed by atoms with Crippen molar-refractivity contribution in [2.75, 3.05) is 13.1 Å². The molecule has 0 bridgehead atoms. The van der Waals surface area contributed by atoms with Gasteiger partial charge in [-0.25, -0.2) is 18.2 Å². The molecule has 0 aliphatic carbocycles. The lowest BCUT2D eigenvalue weighted by atomic mass is 10.3. The first-order valence-corrected chi connectivity index (χ1v) is 8.43. The Labute approximate surface area is 136 Å². The van der Waals surface area contributed by atoms with E-state index in [2.05, 4.69) is 9.97 Å². The summed E-state index contributed by atoms with van der Waals surface area (Å²) in [5, 5.41) is 8.81. The number of H-pyrrole nitrogens is 1. The zero-order valence-corrected chi connectivity index (χ0v) is 13.8. The number of carboxylic acids is 1. The summed E-state index contributed by atoms with van der Waals surface area (Å²) in [6, 6.07) is 1.08. The summed E-state index contributed by atoms with van der Waals surface area (Å²) in [6.45, 7) is 1.03. The molecule has 0 unspecified atom stereocenters. The summed E-state index contributed by atoms with van der Waals surface area (Å²) in [7, 11) is -2.76.